The van der Waals surface area contributed by atoms with Crippen LogP contribution in [-0.2, 0) is 4.74 Å². The van der Waals surface area contributed by atoms with Crippen molar-refractivity contribution in [3.63, 3.8) is 0 Å². The summed E-state index contributed by atoms with van der Waals surface area (Å²) in [7, 11) is 2.14. The van der Waals surface area contributed by atoms with Gasteiger partial charge in [0, 0.05) is 12.6 Å². The molecule has 0 saturated carbocycles. The molecule has 0 saturated heterocycles. The summed E-state index contributed by atoms with van der Waals surface area (Å²) in [6, 6.07) is 0.380. The Morgan fingerprint density at radius 1 is 1.27 bits per heavy atom. The van der Waals surface area contributed by atoms with Gasteiger partial charge in [0.05, 0.1) is 12.7 Å². The zero-order valence-electron chi connectivity index (χ0n) is 10.8. The first-order valence-electron chi connectivity index (χ1n) is 6.12. The van der Waals surface area contributed by atoms with Gasteiger partial charge in [0.1, 0.15) is 0 Å². The van der Waals surface area contributed by atoms with Crippen LogP contribution in [0.4, 0.5) is 0 Å². The highest BCUT2D eigenvalue weighted by molar-refractivity contribution is 4.60. The third kappa shape index (κ3) is 10.2. The minimum absolute atomic E-state index is 0.340. The van der Waals surface area contributed by atoms with Crippen LogP contribution >= 0.6 is 0 Å². The fourth-order valence-corrected chi connectivity index (χ4v) is 1.38. The molecule has 2 N–H and O–H groups in total. The van der Waals surface area contributed by atoms with Gasteiger partial charge in [0.2, 0.25) is 0 Å². The molecule has 0 aromatic rings. The topological polar surface area (TPSA) is 38.5 Å². The monoisotopic (exact) mass is 216 g/mol. The Labute approximate surface area is 95.0 Å². The van der Waals surface area contributed by atoms with Gasteiger partial charge in [-0.3, -0.25) is 0 Å². The van der Waals surface area contributed by atoms with Crippen LogP contribution in [0.15, 0.2) is 0 Å². The Morgan fingerprint density at radius 2 is 1.93 bits per heavy atom. The van der Waals surface area contributed by atoms with Crippen LogP contribution in [0.5, 0.6) is 0 Å². The number of hydrogen-bond acceptors (Lipinski definition) is 3. The lowest BCUT2D eigenvalue weighted by molar-refractivity contribution is 0.0635. The predicted octanol–water partition coefficient (Wildman–Crippen LogP) is 1.86. The lowest BCUT2D eigenvalue weighted by Gasteiger charge is -2.18. The van der Waals surface area contributed by atoms with Crippen LogP contribution < -0.4 is 5.73 Å². The molecule has 0 spiro atoms. The SMILES string of the molecule is CCC(N)CCCN(C)CCOC(C)C. The van der Waals surface area contributed by atoms with Gasteiger partial charge in [-0.25, -0.2) is 0 Å². The molecule has 3 heteroatoms. The van der Waals surface area contributed by atoms with E-state index < -0.39 is 0 Å². The van der Waals surface area contributed by atoms with E-state index >= 15 is 0 Å². The average molecular weight is 216 g/mol. The maximum atomic E-state index is 5.86. The van der Waals surface area contributed by atoms with Gasteiger partial charge >= 0.3 is 0 Å². The molecule has 0 heterocycles. The average Bonchev–Trinajstić information content (AvgIpc) is 2.17. The maximum absolute atomic E-state index is 5.86. The second kappa shape index (κ2) is 9.13. The zero-order chi connectivity index (χ0) is 11.7. The normalized spacial score (nSPS) is 13.8. The van der Waals surface area contributed by atoms with Crippen molar-refractivity contribution < 1.29 is 4.74 Å². The highest BCUT2D eigenvalue weighted by atomic mass is 16.5. The van der Waals surface area contributed by atoms with Crippen LogP contribution in [0.2, 0.25) is 0 Å². The Balaban J connectivity index is 3.29. The third-order valence-electron chi connectivity index (χ3n) is 2.56. The van der Waals surface area contributed by atoms with Crippen molar-refractivity contribution in [1.29, 1.82) is 0 Å². The summed E-state index contributed by atoms with van der Waals surface area (Å²) in [6.45, 7) is 9.24. The first kappa shape index (κ1) is 14.9. The molecule has 0 radical (unpaired) electrons. The van der Waals surface area contributed by atoms with Crippen LogP contribution in [0, 0.1) is 0 Å². The molecule has 1 unspecified atom stereocenters. The van der Waals surface area contributed by atoms with E-state index in [1.807, 2.05) is 0 Å². The van der Waals surface area contributed by atoms with Crippen molar-refractivity contribution in [2.75, 3.05) is 26.7 Å². The molecule has 0 aliphatic rings. The summed E-state index contributed by atoms with van der Waals surface area (Å²) in [4.78, 5) is 2.31. The molecule has 0 aromatic carbocycles. The lowest BCUT2D eigenvalue weighted by atomic mass is 10.1. The first-order chi connectivity index (χ1) is 7.06. The summed E-state index contributed by atoms with van der Waals surface area (Å²) in [6.07, 6.45) is 3.74. The molecule has 1 atom stereocenters. The Bertz CT molecular complexity index is 140. The van der Waals surface area contributed by atoms with E-state index in [0.717, 1.165) is 32.5 Å². The van der Waals surface area contributed by atoms with Crippen molar-refractivity contribution in [2.45, 2.75) is 52.2 Å². The maximum Gasteiger partial charge on any atom is 0.0596 e. The van der Waals surface area contributed by atoms with E-state index in [-0.39, 0.29) is 0 Å². The largest absolute Gasteiger partial charge is 0.377 e. The number of hydrogen-bond donors (Lipinski definition) is 1. The molecule has 0 aromatic heterocycles. The van der Waals surface area contributed by atoms with Crippen molar-refractivity contribution in [3.05, 3.63) is 0 Å². The molecule has 0 aliphatic carbocycles. The Kier molecular flexibility index (Phi) is 9.06. The fraction of sp³-hybridized carbons (Fsp3) is 1.00. The van der Waals surface area contributed by atoms with Gasteiger partial charge in [0.25, 0.3) is 0 Å². The second-order valence-electron chi connectivity index (χ2n) is 4.53. The van der Waals surface area contributed by atoms with Gasteiger partial charge in [-0.1, -0.05) is 6.92 Å². The van der Waals surface area contributed by atoms with Gasteiger partial charge in [-0.05, 0) is 46.7 Å². The number of rotatable bonds is 9. The van der Waals surface area contributed by atoms with Gasteiger partial charge in [-0.15, -0.1) is 0 Å². The molecular formula is C12H28N2O. The number of ether oxygens (including phenoxy) is 1. The fourth-order valence-electron chi connectivity index (χ4n) is 1.38. The van der Waals surface area contributed by atoms with E-state index in [4.69, 9.17) is 10.5 Å². The van der Waals surface area contributed by atoms with Crippen LogP contribution in [0.1, 0.15) is 40.0 Å². The standard InChI is InChI=1S/C12H28N2O/c1-5-12(13)7-6-8-14(4)9-10-15-11(2)3/h11-12H,5-10,13H2,1-4H3. The molecule has 3 nitrogen and oxygen atoms in total. The Hall–Kier alpha value is -0.120. The Morgan fingerprint density at radius 3 is 2.47 bits per heavy atom. The van der Waals surface area contributed by atoms with E-state index in [0.29, 0.717) is 12.1 Å². The van der Waals surface area contributed by atoms with Crippen molar-refractivity contribution in [1.82, 2.24) is 4.90 Å². The number of nitrogens with zero attached hydrogens (tertiary/aromatic N) is 1. The lowest BCUT2D eigenvalue weighted by Crippen LogP contribution is -2.27. The molecule has 15 heavy (non-hydrogen) atoms. The van der Waals surface area contributed by atoms with Gasteiger partial charge in [0.15, 0.2) is 0 Å². The van der Waals surface area contributed by atoms with Crippen molar-refractivity contribution in [2.24, 2.45) is 5.73 Å². The molecule has 92 valence electrons. The highest BCUT2D eigenvalue weighted by Crippen LogP contribution is 1.99. The van der Waals surface area contributed by atoms with Gasteiger partial charge < -0.3 is 15.4 Å². The van der Waals surface area contributed by atoms with Crippen LogP contribution in [0.3, 0.4) is 0 Å². The van der Waals surface area contributed by atoms with E-state index in [2.05, 4.69) is 32.7 Å². The smallest absolute Gasteiger partial charge is 0.0596 e. The van der Waals surface area contributed by atoms with Crippen molar-refractivity contribution >= 4 is 0 Å². The van der Waals surface area contributed by atoms with Crippen molar-refractivity contribution in [3.8, 4) is 0 Å². The molecule has 0 fully saturated rings. The first-order valence-corrected chi connectivity index (χ1v) is 6.12. The number of likely N-dealkylation sites (N-methyl/N-ethyl adjacent to an activating group) is 1. The summed E-state index contributed by atoms with van der Waals surface area (Å²) < 4.78 is 5.49. The molecule has 0 amide bonds. The quantitative estimate of drug-likeness (QED) is 0.639. The third-order valence-corrected chi connectivity index (χ3v) is 2.56. The summed E-state index contributed by atoms with van der Waals surface area (Å²) >= 11 is 0. The molecule has 0 rings (SSSR count). The highest BCUT2D eigenvalue weighted by Gasteiger charge is 2.02. The minimum Gasteiger partial charge on any atom is -0.377 e. The van der Waals surface area contributed by atoms with E-state index in [1.54, 1.807) is 0 Å². The van der Waals surface area contributed by atoms with Crippen LogP contribution in [0.25, 0.3) is 0 Å². The van der Waals surface area contributed by atoms with E-state index in [1.165, 1.54) is 6.42 Å². The summed E-state index contributed by atoms with van der Waals surface area (Å²) in [5.41, 5.74) is 5.86. The summed E-state index contributed by atoms with van der Waals surface area (Å²) in [5.74, 6) is 0. The molecular weight excluding hydrogens is 188 g/mol. The van der Waals surface area contributed by atoms with Crippen LogP contribution in [-0.4, -0.2) is 43.8 Å². The van der Waals surface area contributed by atoms with Gasteiger partial charge in [-0.2, -0.15) is 0 Å². The van der Waals surface area contributed by atoms with E-state index in [9.17, 15) is 0 Å². The molecule has 0 bridgehead atoms. The number of nitrogens with two attached hydrogens (primary N) is 1. The zero-order valence-corrected chi connectivity index (χ0v) is 10.8. The summed E-state index contributed by atoms with van der Waals surface area (Å²) in [5, 5.41) is 0. The predicted molar refractivity (Wildman–Crippen MR) is 66.1 cm³/mol. The minimum atomic E-state index is 0.340. The second-order valence-corrected chi connectivity index (χ2v) is 4.53. The molecule has 0 aliphatic heterocycles.